The van der Waals surface area contributed by atoms with Crippen molar-refractivity contribution in [3.8, 4) is 0 Å². The van der Waals surface area contributed by atoms with Gasteiger partial charge in [0.05, 0.1) is 17.5 Å². The fourth-order valence-electron chi connectivity index (χ4n) is 1.46. The van der Waals surface area contributed by atoms with E-state index < -0.39 is 11.7 Å². The Morgan fingerprint density at radius 2 is 2.11 bits per heavy atom. The number of alkyl halides is 4. The number of methoxy groups -OCH3 is 1. The maximum atomic E-state index is 12.5. The van der Waals surface area contributed by atoms with Crippen LogP contribution in [0.2, 0.25) is 0 Å². The van der Waals surface area contributed by atoms with Gasteiger partial charge in [-0.05, 0) is 40.5 Å². The lowest BCUT2D eigenvalue weighted by Gasteiger charge is -2.13. The Kier molecular flexibility index (Phi) is 6.42. The summed E-state index contributed by atoms with van der Waals surface area (Å²) in [6.07, 6.45) is -3.68. The zero-order valence-electron chi connectivity index (χ0n) is 10.2. The van der Waals surface area contributed by atoms with Crippen LogP contribution < -0.4 is 5.32 Å². The van der Waals surface area contributed by atoms with E-state index in [-0.39, 0.29) is 5.38 Å². The number of ether oxygens (including phenoxy) is 1. The zero-order chi connectivity index (χ0) is 14.5. The second-order valence-electron chi connectivity index (χ2n) is 3.96. The molecule has 1 rings (SSSR count). The third-order valence-electron chi connectivity index (χ3n) is 2.42. The van der Waals surface area contributed by atoms with Crippen molar-refractivity contribution in [2.75, 3.05) is 25.6 Å². The van der Waals surface area contributed by atoms with Gasteiger partial charge in [-0.1, -0.05) is 0 Å². The highest BCUT2D eigenvalue weighted by atomic mass is 79.9. The molecule has 1 aromatic carbocycles. The highest BCUT2D eigenvalue weighted by molar-refractivity contribution is 9.10. The van der Waals surface area contributed by atoms with E-state index in [0.717, 1.165) is 12.1 Å². The summed E-state index contributed by atoms with van der Waals surface area (Å²) >= 11 is 9.06. The SMILES string of the molecule is COCC(Cl)CCNc1ccc(C(F)(F)F)cc1Br. The molecule has 0 spiro atoms. The fraction of sp³-hybridized carbons (Fsp3) is 0.500. The average molecular weight is 361 g/mol. The van der Waals surface area contributed by atoms with Crippen LogP contribution in [0.4, 0.5) is 18.9 Å². The molecule has 0 aliphatic rings. The van der Waals surface area contributed by atoms with Crippen LogP contribution in [-0.4, -0.2) is 25.6 Å². The van der Waals surface area contributed by atoms with Crippen LogP contribution in [0, 0.1) is 0 Å². The Bertz CT molecular complexity index is 414. The molecule has 0 aromatic heterocycles. The molecule has 0 aliphatic carbocycles. The molecule has 2 nitrogen and oxygen atoms in total. The number of rotatable bonds is 6. The van der Waals surface area contributed by atoms with Crippen molar-refractivity contribution in [3.05, 3.63) is 28.2 Å². The molecule has 1 N–H and O–H groups in total. The first-order valence-corrected chi connectivity index (χ1v) is 6.81. The lowest BCUT2D eigenvalue weighted by Crippen LogP contribution is -2.14. The Morgan fingerprint density at radius 3 is 2.63 bits per heavy atom. The zero-order valence-corrected chi connectivity index (χ0v) is 12.6. The topological polar surface area (TPSA) is 21.3 Å². The van der Waals surface area contributed by atoms with Crippen LogP contribution in [0.25, 0.3) is 0 Å². The van der Waals surface area contributed by atoms with Crippen LogP contribution in [-0.2, 0) is 10.9 Å². The first kappa shape index (κ1) is 16.6. The molecule has 1 unspecified atom stereocenters. The minimum Gasteiger partial charge on any atom is -0.384 e. The van der Waals surface area contributed by atoms with Gasteiger partial charge in [0.1, 0.15) is 0 Å². The number of hydrogen-bond acceptors (Lipinski definition) is 2. The molecular formula is C12H14BrClF3NO. The molecule has 19 heavy (non-hydrogen) atoms. The van der Waals surface area contributed by atoms with E-state index in [2.05, 4.69) is 21.2 Å². The van der Waals surface area contributed by atoms with Crippen LogP contribution in [0.1, 0.15) is 12.0 Å². The van der Waals surface area contributed by atoms with Gasteiger partial charge in [-0.25, -0.2) is 0 Å². The first-order valence-electron chi connectivity index (χ1n) is 5.58. The number of hydrogen-bond donors (Lipinski definition) is 1. The second-order valence-corrected chi connectivity index (χ2v) is 5.43. The van der Waals surface area contributed by atoms with Gasteiger partial charge in [0.15, 0.2) is 0 Å². The lowest BCUT2D eigenvalue weighted by atomic mass is 10.2. The standard InChI is InChI=1S/C12H14BrClF3NO/c1-19-7-9(14)4-5-18-11-3-2-8(6-10(11)13)12(15,16)17/h2-3,6,9,18H,4-5,7H2,1H3. The molecular weight excluding hydrogens is 346 g/mol. The molecule has 7 heteroatoms. The number of halogens is 5. The molecule has 0 fully saturated rings. The van der Waals surface area contributed by atoms with Gasteiger partial charge in [-0.3, -0.25) is 0 Å². The molecule has 108 valence electrons. The van der Waals surface area contributed by atoms with Gasteiger partial charge in [0.2, 0.25) is 0 Å². The lowest BCUT2D eigenvalue weighted by molar-refractivity contribution is -0.137. The maximum absolute atomic E-state index is 12.5. The molecule has 0 aliphatic heterocycles. The van der Waals surface area contributed by atoms with E-state index in [1.165, 1.54) is 6.07 Å². The summed E-state index contributed by atoms with van der Waals surface area (Å²) in [6.45, 7) is 0.999. The number of anilines is 1. The monoisotopic (exact) mass is 359 g/mol. The molecule has 0 bridgehead atoms. The quantitative estimate of drug-likeness (QED) is 0.753. The number of nitrogens with one attached hydrogen (secondary N) is 1. The average Bonchev–Trinajstić information content (AvgIpc) is 2.30. The summed E-state index contributed by atoms with van der Waals surface area (Å²) in [5, 5.41) is 2.91. The Morgan fingerprint density at radius 1 is 1.42 bits per heavy atom. The van der Waals surface area contributed by atoms with Crippen molar-refractivity contribution in [1.82, 2.24) is 0 Å². The van der Waals surface area contributed by atoms with E-state index in [0.29, 0.717) is 29.7 Å². The molecule has 1 atom stereocenters. The predicted octanol–water partition coefficient (Wildman–Crippen LogP) is 4.52. The fourth-order valence-corrected chi connectivity index (χ4v) is 2.22. The highest BCUT2D eigenvalue weighted by Gasteiger charge is 2.30. The van der Waals surface area contributed by atoms with Crippen molar-refractivity contribution in [2.45, 2.75) is 18.0 Å². The van der Waals surface area contributed by atoms with Gasteiger partial charge in [-0.15, -0.1) is 11.6 Å². The minimum atomic E-state index is -4.33. The third-order valence-corrected chi connectivity index (χ3v) is 3.42. The van der Waals surface area contributed by atoms with Gasteiger partial charge >= 0.3 is 6.18 Å². The maximum Gasteiger partial charge on any atom is 0.416 e. The van der Waals surface area contributed by atoms with Gasteiger partial charge in [-0.2, -0.15) is 13.2 Å². The van der Waals surface area contributed by atoms with Crippen LogP contribution in [0.5, 0.6) is 0 Å². The van der Waals surface area contributed by atoms with Crippen molar-refractivity contribution in [3.63, 3.8) is 0 Å². The van der Waals surface area contributed by atoms with Gasteiger partial charge < -0.3 is 10.1 Å². The van der Waals surface area contributed by atoms with Crippen LogP contribution in [0.3, 0.4) is 0 Å². The third kappa shape index (κ3) is 5.58. The summed E-state index contributed by atoms with van der Waals surface area (Å²) in [7, 11) is 1.56. The second kappa shape index (κ2) is 7.36. The van der Waals surface area contributed by atoms with E-state index in [9.17, 15) is 13.2 Å². The smallest absolute Gasteiger partial charge is 0.384 e. The molecule has 0 saturated carbocycles. The number of benzene rings is 1. The Balaban J connectivity index is 2.56. The van der Waals surface area contributed by atoms with E-state index in [1.807, 2.05) is 0 Å². The highest BCUT2D eigenvalue weighted by Crippen LogP contribution is 2.33. The molecule has 0 saturated heterocycles. The van der Waals surface area contributed by atoms with E-state index in [4.69, 9.17) is 16.3 Å². The van der Waals surface area contributed by atoms with Gasteiger partial charge in [0, 0.05) is 23.8 Å². The van der Waals surface area contributed by atoms with Crippen molar-refractivity contribution >= 4 is 33.2 Å². The van der Waals surface area contributed by atoms with Crippen molar-refractivity contribution in [1.29, 1.82) is 0 Å². The first-order chi connectivity index (χ1) is 8.84. The Hall–Kier alpha value is -0.460. The molecule has 0 amide bonds. The Labute approximate surface area is 123 Å². The summed E-state index contributed by atoms with van der Waals surface area (Å²) < 4.78 is 42.7. The summed E-state index contributed by atoms with van der Waals surface area (Å²) in [5.74, 6) is 0. The summed E-state index contributed by atoms with van der Waals surface area (Å²) in [4.78, 5) is 0. The van der Waals surface area contributed by atoms with E-state index >= 15 is 0 Å². The van der Waals surface area contributed by atoms with Gasteiger partial charge in [0.25, 0.3) is 0 Å². The summed E-state index contributed by atoms with van der Waals surface area (Å²) in [6, 6.07) is 3.49. The van der Waals surface area contributed by atoms with E-state index in [1.54, 1.807) is 7.11 Å². The summed E-state index contributed by atoms with van der Waals surface area (Å²) in [5.41, 5.74) is -0.0752. The van der Waals surface area contributed by atoms with Crippen LogP contribution in [0.15, 0.2) is 22.7 Å². The molecule has 1 aromatic rings. The molecule has 0 heterocycles. The normalized spacial score (nSPS) is 13.4. The molecule has 0 radical (unpaired) electrons. The minimum absolute atomic E-state index is 0.120. The van der Waals surface area contributed by atoms with Crippen LogP contribution >= 0.6 is 27.5 Å². The van der Waals surface area contributed by atoms with Crippen molar-refractivity contribution < 1.29 is 17.9 Å². The largest absolute Gasteiger partial charge is 0.416 e. The predicted molar refractivity (Wildman–Crippen MR) is 73.8 cm³/mol. The van der Waals surface area contributed by atoms with Crippen molar-refractivity contribution in [2.24, 2.45) is 0 Å².